The summed E-state index contributed by atoms with van der Waals surface area (Å²) in [7, 11) is -4.12. The van der Waals surface area contributed by atoms with E-state index in [1.54, 1.807) is 24.3 Å². The van der Waals surface area contributed by atoms with E-state index in [4.69, 9.17) is 4.52 Å². The molecule has 8 nitrogen and oxygen atoms in total. The van der Waals surface area contributed by atoms with Gasteiger partial charge >= 0.3 is 5.97 Å². The van der Waals surface area contributed by atoms with Crippen LogP contribution in [0.4, 0.5) is 5.69 Å². The van der Waals surface area contributed by atoms with E-state index in [0.29, 0.717) is 22.3 Å². The van der Waals surface area contributed by atoms with Crippen LogP contribution in [0.3, 0.4) is 0 Å². The van der Waals surface area contributed by atoms with Gasteiger partial charge in [-0.25, -0.2) is 18.2 Å². The Bertz CT molecular complexity index is 1180. The largest absolute Gasteiger partial charge is 0.480 e. The van der Waals surface area contributed by atoms with Crippen LogP contribution in [-0.2, 0) is 21.2 Å². The van der Waals surface area contributed by atoms with Crippen molar-refractivity contribution in [3.8, 4) is 0 Å². The van der Waals surface area contributed by atoms with Crippen LogP contribution >= 0.6 is 0 Å². The highest BCUT2D eigenvalue weighted by Gasteiger charge is 2.42. The van der Waals surface area contributed by atoms with Crippen molar-refractivity contribution in [2.45, 2.75) is 36.1 Å². The zero-order valence-electron chi connectivity index (χ0n) is 14.1. The van der Waals surface area contributed by atoms with Gasteiger partial charge in [0, 0.05) is 12.3 Å². The van der Waals surface area contributed by atoms with E-state index in [-0.39, 0.29) is 22.9 Å². The molecule has 9 heteroatoms. The van der Waals surface area contributed by atoms with E-state index in [9.17, 15) is 18.3 Å². The van der Waals surface area contributed by atoms with E-state index >= 15 is 0 Å². The summed E-state index contributed by atoms with van der Waals surface area (Å²) in [5.41, 5.74) is 2.07. The fraction of sp³-hybridized carbons (Fsp3) is 0.278. The maximum absolute atomic E-state index is 13.3. The lowest BCUT2D eigenvalue weighted by Crippen LogP contribution is -2.42. The molecule has 1 N–H and O–H groups in total. The van der Waals surface area contributed by atoms with Crippen molar-refractivity contribution in [3.05, 3.63) is 47.8 Å². The molecule has 0 saturated heterocycles. The predicted molar refractivity (Wildman–Crippen MR) is 95.0 cm³/mol. The molecule has 27 heavy (non-hydrogen) atoms. The zero-order chi connectivity index (χ0) is 18.8. The molecule has 1 saturated carbocycles. The number of benzene rings is 1. The van der Waals surface area contributed by atoms with Crippen LogP contribution in [0.1, 0.15) is 30.0 Å². The number of fused-ring (bicyclic) bond motifs is 2. The molecule has 3 aromatic rings. The number of aliphatic carboxylic acids is 1. The van der Waals surface area contributed by atoms with Gasteiger partial charge in [0.05, 0.1) is 23.0 Å². The number of carboxylic acids is 1. The fourth-order valence-corrected chi connectivity index (χ4v) is 5.20. The van der Waals surface area contributed by atoms with Crippen molar-refractivity contribution >= 4 is 32.8 Å². The molecular formula is C18H15N3O5S. The molecule has 1 fully saturated rings. The summed E-state index contributed by atoms with van der Waals surface area (Å²) in [5.74, 6) is -0.919. The topological polar surface area (TPSA) is 114 Å². The van der Waals surface area contributed by atoms with Gasteiger partial charge in [-0.2, -0.15) is 0 Å². The van der Waals surface area contributed by atoms with Gasteiger partial charge in [-0.15, -0.1) is 0 Å². The number of hydrogen-bond acceptors (Lipinski definition) is 6. The molecule has 1 atom stereocenters. The third kappa shape index (κ3) is 2.42. The second-order valence-corrected chi connectivity index (χ2v) is 8.67. The molecule has 0 radical (unpaired) electrons. The maximum Gasteiger partial charge on any atom is 0.327 e. The van der Waals surface area contributed by atoms with Crippen LogP contribution < -0.4 is 4.31 Å². The van der Waals surface area contributed by atoms with Gasteiger partial charge < -0.3 is 9.63 Å². The first-order valence-corrected chi connectivity index (χ1v) is 10.0. The molecule has 1 aliphatic heterocycles. The number of pyridine rings is 1. The van der Waals surface area contributed by atoms with Gasteiger partial charge in [-0.1, -0.05) is 23.4 Å². The SMILES string of the molecule is O=C(O)[C@@H]1Cc2ccccc2N1S(=O)(=O)c1cnc2onc(C3CC3)c2c1. The van der Waals surface area contributed by atoms with Crippen LogP contribution in [-0.4, -0.2) is 35.7 Å². The maximum atomic E-state index is 13.3. The lowest BCUT2D eigenvalue weighted by molar-refractivity contribution is -0.138. The van der Waals surface area contributed by atoms with Gasteiger partial charge in [0.2, 0.25) is 0 Å². The third-order valence-electron chi connectivity index (χ3n) is 5.06. The zero-order valence-corrected chi connectivity index (χ0v) is 14.9. The first-order chi connectivity index (χ1) is 13.0. The summed E-state index contributed by atoms with van der Waals surface area (Å²) in [5, 5.41) is 14.2. The second-order valence-electron chi connectivity index (χ2n) is 6.85. The molecule has 0 amide bonds. The van der Waals surface area contributed by atoms with Gasteiger partial charge in [0.1, 0.15) is 10.9 Å². The Kier molecular flexibility index (Phi) is 3.33. The smallest absolute Gasteiger partial charge is 0.327 e. The van der Waals surface area contributed by atoms with Crippen molar-refractivity contribution in [2.24, 2.45) is 0 Å². The predicted octanol–water partition coefficient (Wildman–Crippen LogP) is 2.30. The molecule has 5 rings (SSSR count). The number of nitrogens with zero attached hydrogens (tertiary/aromatic N) is 3. The quantitative estimate of drug-likeness (QED) is 0.733. The molecule has 3 heterocycles. The summed E-state index contributed by atoms with van der Waals surface area (Å²) in [6.07, 6.45) is 3.29. The lowest BCUT2D eigenvalue weighted by atomic mass is 10.1. The average Bonchev–Trinajstić information content (AvgIpc) is 3.27. The first-order valence-electron chi connectivity index (χ1n) is 8.57. The molecule has 138 valence electrons. The Morgan fingerprint density at radius 3 is 2.78 bits per heavy atom. The lowest BCUT2D eigenvalue weighted by Gasteiger charge is -2.24. The second kappa shape index (κ2) is 5.53. The molecule has 0 bridgehead atoms. The summed E-state index contributed by atoms with van der Waals surface area (Å²) < 4.78 is 32.9. The van der Waals surface area contributed by atoms with Gasteiger partial charge in [-0.05, 0) is 30.5 Å². The molecule has 1 aliphatic carbocycles. The van der Waals surface area contributed by atoms with Crippen molar-refractivity contribution in [3.63, 3.8) is 0 Å². The molecule has 2 aliphatic rings. The van der Waals surface area contributed by atoms with Crippen LogP contribution in [0.5, 0.6) is 0 Å². The summed E-state index contributed by atoms with van der Waals surface area (Å²) in [6.45, 7) is 0. The number of carbonyl (C=O) groups is 1. The van der Waals surface area contributed by atoms with Crippen LogP contribution in [0.15, 0.2) is 45.9 Å². The third-order valence-corrected chi connectivity index (χ3v) is 6.85. The summed E-state index contributed by atoms with van der Waals surface area (Å²) in [6, 6.07) is 7.12. The molecule has 1 aromatic carbocycles. The minimum absolute atomic E-state index is 0.0666. The number of rotatable bonds is 4. The number of anilines is 1. The highest BCUT2D eigenvalue weighted by Crippen LogP contribution is 2.43. The van der Waals surface area contributed by atoms with Crippen molar-refractivity contribution in [1.82, 2.24) is 10.1 Å². The Morgan fingerprint density at radius 2 is 2.04 bits per heavy atom. The first kappa shape index (κ1) is 16.2. The normalized spacial score (nSPS) is 19.4. The summed E-state index contributed by atoms with van der Waals surface area (Å²) in [4.78, 5) is 15.8. The molecule has 0 spiro atoms. The highest BCUT2D eigenvalue weighted by atomic mass is 32.2. The van der Waals surface area contributed by atoms with Gasteiger partial charge in [0.15, 0.2) is 0 Å². The van der Waals surface area contributed by atoms with E-state index in [1.165, 1.54) is 12.3 Å². The fourth-order valence-electron chi connectivity index (χ4n) is 3.58. The molecule has 2 aromatic heterocycles. The number of para-hydroxylation sites is 1. The molecular weight excluding hydrogens is 370 g/mol. The highest BCUT2D eigenvalue weighted by molar-refractivity contribution is 7.93. The Morgan fingerprint density at radius 1 is 1.26 bits per heavy atom. The number of hydrogen-bond donors (Lipinski definition) is 1. The minimum atomic E-state index is -4.12. The van der Waals surface area contributed by atoms with E-state index in [1.807, 2.05) is 0 Å². The molecule has 0 unspecified atom stereocenters. The van der Waals surface area contributed by atoms with Crippen LogP contribution in [0, 0.1) is 0 Å². The number of carboxylic acid groups (broad SMARTS) is 1. The van der Waals surface area contributed by atoms with E-state index in [2.05, 4.69) is 10.1 Å². The van der Waals surface area contributed by atoms with Crippen LogP contribution in [0.2, 0.25) is 0 Å². The Balaban J connectivity index is 1.66. The standard InChI is InChI=1S/C18H15N3O5S/c22-18(23)15-7-11-3-1-2-4-14(11)21(15)27(24,25)12-8-13-16(10-5-6-10)20-26-17(13)19-9-12/h1-4,8-10,15H,5-7H2,(H,22,23)/t15-/m0/s1. The van der Waals surface area contributed by atoms with Crippen LogP contribution in [0.25, 0.3) is 11.1 Å². The van der Waals surface area contributed by atoms with Gasteiger partial charge in [-0.3, -0.25) is 4.31 Å². The van der Waals surface area contributed by atoms with E-state index in [0.717, 1.165) is 17.1 Å². The average molecular weight is 385 g/mol. The van der Waals surface area contributed by atoms with Crippen molar-refractivity contribution < 1.29 is 22.8 Å². The number of sulfonamides is 1. The summed E-state index contributed by atoms with van der Waals surface area (Å²) >= 11 is 0. The monoisotopic (exact) mass is 385 g/mol. The van der Waals surface area contributed by atoms with Crippen molar-refractivity contribution in [2.75, 3.05) is 4.31 Å². The van der Waals surface area contributed by atoms with Gasteiger partial charge in [0.25, 0.3) is 15.7 Å². The Hall–Kier alpha value is -2.94. The Labute approximate surface area is 154 Å². The van der Waals surface area contributed by atoms with E-state index < -0.39 is 22.0 Å². The minimum Gasteiger partial charge on any atom is -0.480 e. The van der Waals surface area contributed by atoms with Crippen molar-refractivity contribution in [1.29, 1.82) is 0 Å². The number of aromatic nitrogens is 2.